The fourth-order valence-electron chi connectivity index (χ4n) is 4.09. The van der Waals surface area contributed by atoms with E-state index in [0.29, 0.717) is 44.2 Å². The van der Waals surface area contributed by atoms with E-state index in [4.69, 9.17) is 4.52 Å². The lowest BCUT2D eigenvalue weighted by Crippen LogP contribution is -2.52. The summed E-state index contributed by atoms with van der Waals surface area (Å²) in [4.78, 5) is 21.4. The minimum absolute atomic E-state index is 0.0200. The lowest BCUT2D eigenvalue weighted by Gasteiger charge is -2.37. The van der Waals surface area contributed by atoms with Crippen LogP contribution in [0.5, 0.6) is 0 Å². The van der Waals surface area contributed by atoms with Crippen LogP contribution in [-0.4, -0.2) is 52.0 Å². The molecule has 1 saturated heterocycles. The van der Waals surface area contributed by atoms with Gasteiger partial charge in [0.05, 0.1) is 12.6 Å². The van der Waals surface area contributed by atoms with Crippen LogP contribution in [0.25, 0.3) is 11.4 Å². The summed E-state index contributed by atoms with van der Waals surface area (Å²) < 4.78 is 5.41. The maximum Gasteiger partial charge on any atom is 0.243 e. The summed E-state index contributed by atoms with van der Waals surface area (Å²) in [6, 6.07) is 10.3. The van der Waals surface area contributed by atoms with Gasteiger partial charge in [-0.05, 0) is 19.8 Å². The van der Waals surface area contributed by atoms with Gasteiger partial charge in [0.25, 0.3) is 0 Å². The van der Waals surface area contributed by atoms with E-state index in [-0.39, 0.29) is 5.91 Å². The van der Waals surface area contributed by atoms with Crippen molar-refractivity contribution in [1.82, 2.24) is 19.9 Å². The summed E-state index contributed by atoms with van der Waals surface area (Å²) in [6.45, 7) is 5.39. The van der Waals surface area contributed by atoms with Gasteiger partial charge in [-0.15, -0.1) is 0 Å². The molecule has 1 aliphatic heterocycles. The van der Waals surface area contributed by atoms with Crippen molar-refractivity contribution >= 4 is 5.91 Å². The Morgan fingerprint density at radius 1 is 1.18 bits per heavy atom. The minimum Gasteiger partial charge on any atom is -0.339 e. The highest BCUT2D eigenvalue weighted by atomic mass is 16.5. The average molecular weight is 379 g/mol. The molecule has 7 nitrogen and oxygen atoms in total. The SMILES string of the molecule is Cc1ccc(-c2noc(CN3CCN(C(=O)C4(C#N)CCCC4)CC3)n2)cc1. The van der Waals surface area contributed by atoms with Gasteiger partial charge >= 0.3 is 0 Å². The molecule has 1 amide bonds. The summed E-state index contributed by atoms with van der Waals surface area (Å²) in [6.07, 6.45) is 3.35. The van der Waals surface area contributed by atoms with Crippen LogP contribution in [0.1, 0.15) is 37.1 Å². The lowest BCUT2D eigenvalue weighted by atomic mass is 9.86. The standard InChI is InChI=1S/C21H25N5O2/c1-16-4-6-17(7-5-16)19-23-18(28-24-19)14-25-10-12-26(13-11-25)20(27)21(15-22)8-2-3-9-21/h4-7H,2-3,8-14H2,1H3. The van der Waals surface area contributed by atoms with Gasteiger partial charge in [0, 0.05) is 31.7 Å². The van der Waals surface area contributed by atoms with Crippen molar-refractivity contribution in [2.45, 2.75) is 39.2 Å². The molecule has 2 fully saturated rings. The molecule has 1 aromatic carbocycles. The molecule has 4 rings (SSSR count). The van der Waals surface area contributed by atoms with E-state index in [2.05, 4.69) is 21.1 Å². The Balaban J connectivity index is 1.33. The summed E-state index contributed by atoms with van der Waals surface area (Å²) in [5.74, 6) is 1.20. The molecule has 0 bridgehead atoms. The molecule has 0 spiro atoms. The van der Waals surface area contributed by atoms with E-state index in [9.17, 15) is 10.1 Å². The van der Waals surface area contributed by atoms with Crippen LogP contribution >= 0.6 is 0 Å². The van der Waals surface area contributed by atoms with Gasteiger partial charge in [-0.3, -0.25) is 9.69 Å². The fourth-order valence-corrected chi connectivity index (χ4v) is 4.09. The molecule has 0 radical (unpaired) electrons. The van der Waals surface area contributed by atoms with Gasteiger partial charge in [-0.25, -0.2) is 0 Å². The first-order valence-corrected chi connectivity index (χ1v) is 9.92. The maximum atomic E-state index is 12.8. The quantitative estimate of drug-likeness (QED) is 0.812. The summed E-state index contributed by atoms with van der Waals surface area (Å²) in [7, 11) is 0. The molecule has 146 valence electrons. The Morgan fingerprint density at radius 3 is 2.50 bits per heavy atom. The monoisotopic (exact) mass is 379 g/mol. The molecule has 7 heteroatoms. The highest BCUT2D eigenvalue weighted by Crippen LogP contribution is 2.39. The molecule has 2 aliphatic rings. The number of aromatic nitrogens is 2. The number of piperazine rings is 1. The Hall–Kier alpha value is -2.72. The van der Waals surface area contributed by atoms with Crippen molar-refractivity contribution in [1.29, 1.82) is 5.26 Å². The van der Waals surface area contributed by atoms with Gasteiger partial charge in [0.1, 0.15) is 5.41 Å². The first-order valence-electron chi connectivity index (χ1n) is 9.92. The number of amides is 1. The van der Waals surface area contributed by atoms with Crippen LogP contribution in [-0.2, 0) is 11.3 Å². The zero-order valence-electron chi connectivity index (χ0n) is 16.2. The largest absolute Gasteiger partial charge is 0.339 e. The van der Waals surface area contributed by atoms with E-state index < -0.39 is 5.41 Å². The lowest BCUT2D eigenvalue weighted by molar-refractivity contribution is -0.140. The first-order chi connectivity index (χ1) is 13.6. The number of carbonyl (C=O) groups excluding carboxylic acids is 1. The Kier molecular flexibility index (Phi) is 5.14. The number of aryl methyl sites for hydroxylation is 1. The van der Waals surface area contributed by atoms with Crippen molar-refractivity contribution < 1.29 is 9.32 Å². The highest BCUT2D eigenvalue weighted by molar-refractivity contribution is 5.86. The van der Waals surface area contributed by atoms with Crippen LogP contribution in [0, 0.1) is 23.7 Å². The summed E-state index contributed by atoms with van der Waals surface area (Å²) >= 11 is 0. The molecule has 0 N–H and O–H groups in total. The Morgan fingerprint density at radius 2 is 1.86 bits per heavy atom. The topological polar surface area (TPSA) is 86.3 Å². The van der Waals surface area contributed by atoms with Gasteiger partial charge in [-0.2, -0.15) is 10.2 Å². The third-order valence-electron chi connectivity index (χ3n) is 5.88. The summed E-state index contributed by atoms with van der Waals surface area (Å²) in [5, 5.41) is 13.6. The number of hydrogen-bond donors (Lipinski definition) is 0. The van der Waals surface area contributed by atoms with Crippen molar-refractivity contribution in [2.24, 2.45) is 5.41 Å². The maximum absolute atomic E-state index is 12.8. The second-order valence-corrected chi connectivity index (χ2v) is 7.85. The molecule has 0 atom stereocenters. The molecular formula is C21H25N5O2. The van der Waals surface area contributed by atoms with Gasteiger partial charge < -0.3 is 9.42 Å². The van der Waals surface area contributed by atoms with Crippen LogP contribution in [0.3, 0.4) is 0 Å². The Labute approximate surface area is 164 Å². The normalized spacial score (nSPS) is 19.5. The number of carbonyl (C=O) groups is 1. The molecule has 1 saturated carbocycles. The zero-order chi connectivity index (χ0) is 19.6. The smallest absolute Gasteiger partial charge is 0.243 e. The van der Waals surface area contributed by atoms with Gasteiger partial charge in [-0.1, -0.05) is 47.8 Å². The number of benzene rings is 1. The molecule has 0 unspecified atom stereocenters. The fraction of sp³-hybridized carbons (Fsp3) is 0.524. The van der Waals surface area contributed by atoms with E-state index in [1.165, 1.54) is 5.56 Å². The second-order valence-electron chi connectivity index (χ2n) is 7.85. The third-order valence-corrected chi connectivity index (χ3v) is 5.88. The second kappa shape index (κ2) is 7.72. The molecule has 2 heterocycles. The van der Waals surface area contributed by atoms with Crippen LogP contribution in [0.15, 0.2) is 28.8 Å². The molecule has 2 aromatic rings. The molecular weight excluding hydrogens is 354 g/mol. The Bertz CT molecular complexity index is 869. The van der Waals surface area contributed by atoms with Crippen molar-refractivity contribution in [3.05, 3.63) is 35.7 Å². The zero-order valence-corrected chi connectivity index (χ0v) is 16.2. The van der Waals surface area contributed by atoms with Crippen molar-refractivity contribution in [3.8, 4) is 17.5 Å². The number of nitriles is 1. The van der Waals surface area contributed by atoms with Crippen LogP contribution < -0.4 is 0 Å². The predicted octanol–water partition coefficient (Wildman–Crippen LogP) is 2.77. The molecule has 1 aromatic heterocycles. The van der Waals surface area contributed by atoms with E-state index in [1.54, 1.807) is 0 Å². The van der Waals surface area contributed by atoms with Gasteiger partial charge in [0.2, 0.25) is 17.6 Å². The predicted molar refractivity (Wildman–Crippen MR) is 103 cm³/mol. The van der Waals surface area contributed by atoms with Crippen LogP contribution in [0.2, 0.25) is 0 Å². The number of rotatable bonds is 4. The number of hydrogen-bond acceptors (Lipinski definition) is 6. The van der Waals surface area contributed by atoms with Gasteiger partial charge in [0.15, 0.2) is 0 Å². The van der Waals surface area contributed by atoms with E-state index >= 15 is 0 Å². The average Bonchev–Trinajstić information content (AvgIpc) is 3.39. The van der Waals surface area contributed by atoms with Crippen molar-refractivity contribution in [3.63, 3.8) is 0 Å². The first kappa shape index (κ1) is 18.6. The van der Waals surface area contributed by atoms with Crippen LogP contribution in [0.4, 0.5) is 0 Å². The third kappa shape index (κ3) is 3.65. The number of nitrogens with zero attached hydrogens (tertiary/aromatic N) is 5. The van der Waals surface area contributed by atoms with E-state index in [1.807, 2.05) is 36.1 Å². The molecule has 1 aliphatic carbocycles. The minimum atomic E-state index is -0.780. The van der Waals surface area contributed by atoms with E-state index in [0.717, 1.165) is 31.5 Å². The molecule has 28 heavy (non-hydrogen) atoms. The summed E-state index contributed by atoms with van der Waals surface area (Å²) in [5.41, 5.74) is 1.35. The van der Waals surface area contributed by atoms with Crippen molar-refractivity contribution in [2.75, 3.05) is 26.2 Å². The highest BCUT2D eigenvalue weighted by Gasteiger charge is 2.44.